The average Bonchev–Trinajstić information content (AvgIpc) is 3.36. The Morgan fingerprint density at radius 3 is 2.59 bits per heavy atom. The van der Waals surface area contributed by atoms with Gasteiger partial charge in [0.1, 0.15) is 23.9 Å². The number of likely N-dealkylation sites (tertiary alicyclic amines) is 1. The van der Waals surface area contributed by atoms with Crippen LogP contribution >= 0.6 is 0 Å². The summed E-state index contributed by atoms with van der Waals surface area (Å²) >= 11 is 0. The predicted molar refractivity (Wildman–Crippen MR) is 148 cm³/mol. The number of carbonyl (C=O) groups excluding carboxylic acids is 4. The number of para-hydroxylation sites is 2. The number of nitrogens with zero attached hydrogens (tertiary/aromatic N) is 2. The highest BCUT2D eigenvalue weighted by molar-refractivity contribution is 5.98. The minimum atomic E-state index is -1.01. The number of nitriles is 1. The molecule has 3 aliphatic heterocycles. The number of hydrogen-bond donors (Lipinski definition) is 3. The van der Waals surface area contributed by atoms with Crippen LogP contribution in [0.4, 0.5) is 5.69 Å². The molecule has 0 aromatic heterocycles. The van der Waals surface area contributed by atoms with Gasteiger partial charge in [-0.1, -0.05) is 46.8 Å². The lowest BCUT2D eigenvalue weighted by atomic mass is 9.84. The number of hydrogen-bond acceptors (Lipinski definition) is 7. The largest absolute Gasteiger partial charge is 0.478 e. The molecule has 3 N–H and O–H groups in total. The van der Waals surface area contributed by atoms with Crippen molar-refractivity contribution >= 4 is 29.3 Å². The van der Waals surface area contributed by atoms with Crippen molar-refractivity contribution in [2.24, 2.45) is 28.6 Å². The van der Waals surface area contributed by atoms with E-state index in [0.29, 0.717) is 37.6 Å². The fourth-order valence-electron chi connectivity index (χ4n) is 6.49. The Morgan fingerprint density at radius 2 is 1.93 bits per heavy atom. The maximum absolute atomic E-state index is 14.0. The maximum Gasteiger partial charge on any atom is 0.265 e. The summed E-state index contributed by atoms with van der Waals surface area (Å²) in [5.74, 6) is -1.13. The third-order valence-corrected chi connectivity index (χ3v) is 9.09. The van der Waals surface area contributed by atoms with Crippen molar-refractivity contribution in [3.8, 4) is 11.8 Å². The van der Waals surface area contributed by atoms with E-state index < -0.39 is 41.5 Å². The Labute approximate surface area is 240 Å². The lowest BCUT2D eigenvalue weighted by Crippen LogP contribution is -2.60. The molecular weight excluding hydrogens is 526 g/mol. The first kappa shape index (κ1) is 28.9. The van der Waals surface area contributed by atoms with Gasteiger partial charge in [0, 0.05) is 19.6 Å². The minimum absolute atomic E-state index is 0.0509. The van der Waals surface area contributed by atoms with E-state index in [9.17, 15) is 24.4 Å². The molecule has 0 bridgehead atoms. The van der Waals surface area contributed by atoms with Crippen molar-refractivity contribution in [1.29, 1.82) is 5.26 Å². The van der Waals surface area contributed by atoms with E-state index in [1.165, 1.54) is 0 Å². The molecular formula is C30H39N5O6. The predicted octanol–water partition coefficient (Wildman–Crippen LogP) is 1.83. The summed E-state index contributed by atoms with van der Waals surface area (Å²) in [4.78, 5) is 55.0. The Bertz CT molecular complexity index is 1280. The molecule has 11 nitrogen and oxygen atoms in total. The van der Waals surface area contributed by atoms with Gasteiger partial charge >= 0.3 is 0 Å². The maximum atomic E-state index is 14.0. The first-order chi connectivity index (χ1) is 19.3. The third kappa shape index (κ3) is 5.49. The molecule has 5 rings (SSSR count). The van der Waals surface area contributed by atoms with Gasteiger partial charge in [-0.2, -0.15) is 5.26 Å². The van der Waals surface area contributed by atoms with E-state index in [-0.39, 0.29) is 41.4 Å². The molecule has 3 unspecified atom stereocenters. The van der Waals surface area contributed by atoms with Crippen molar-refractivity contribution in [1.82, 2.24) is 15.5 Å². The smallest absolute Gasteiger partial charge is 0.265 e. The fraction of sp³-hybridized carbons (Fsp3) is 0.633. The molecule has 4 aliphatic rings. The average molecular weight is 566 g/mol. The monoisotopic (exact) mass is 565 g/mol. The van der Waals surface area contributed by atoms with Gasteiger partial charge in [-0.3, -0.25) is 19.2 Å². The van der Waals surface area contributed by atoms with Crippen molar-refractivity contribution < 1.29 is 28.7 Å². The Balaban J connectivity index is 1.31. The summed E-state index contributed by atoms with van der Waals surface area (Å²) < 4.78 is 11.2. The van der Waals surface area contributed by atoms with Crippen molar-refractivity contribution in [2.75, 3.05) is 25.1 Å². The zero-order valence-electron chi connectivity index (χ0n) is 24.2. The van der Waals surface area contributed by atoms with E-state index in [2.05, 4.69) is 35.9 Å². The number of anilines is 1. The van der Waals surface area contributed by atoms with Crippen molar-refractivity contribution in [3.63, 3.8) is 0 Å². The topological polar surface area (TPSA) is 150 Å². The molecule has 4 amide bonds. The summed E-state index contributed by atoms with van der Waals surface area (Å²) in [5.41, 5.74) is -0.194. The highest BCUT2D eigenvalue weighted by atomic mass is 16.5. The van der Waals surface area contributed by atoms with E-state index in [0.717, 1.165) is 0 Å². The molecule has 7 atom stereocenters. The van der Waals surface area contributed by atoms with Crippen molar-refractivity contribution in [3.05, 3.63) is 24.3 Å². The highest BCUT2D eigenvalue weighted by Crippen LogP contribution is 2.65. The molecule has 0 radical (unpaired) electrons. The van der Waals surface area contributed by atoms with Gasteiger partial charge < -0.3 is 30.3 Å². The number of amides is 4. The molecule has 3 heterocycles. The number of carbonyl (C=O) groups is 4. The SMILES string of the molecule is CC(C)(C)C(NC(=O)C1CCOC1)C(=O)N1C[C@H]2[C@@H]([C@H]1C(=O)NC(C#N)C[C@@H]1Oc3ccccc3NC1=O)C2(C)C. The second-order valence-electron chi connectivity index (χ2n) is 13.3. The number of piperidine rings is 1. The van der Waals surface area contributed by atoms with Crippen LogP contribution in [0.3, 0.4) is 0 Å². The van der Waals surface area contributed by atoms with Crippen molar-refractivity contribution in [2.45, 2.75) is 71.7 Å². The first-order valence-corrected chi connectivity index (χ1v) is 14.3. The molecule has 1 saturated carbocycles. The first-order valence-electron chi connectivity index (χ1n) is 14.3. The van der Waals surface area contributed by atoms with Crippen LogP contribution in [0.5, 0.6) is 5.75 Å². The summed E-state index contributed by atoms with van der Waals surface area (Å²) in [7, 11) is 0. The van der Waals surface area contributed by atoms with Gasteiger partial charge in [0.15, 0.2) is 6.10 Å². The summed E-state index contributed by atoms with van der Waals surface area (Å²) in [6.45, 7) is 11.0. The molecule has 3 fully saturated rings. The highest BCUT2D eigenvalue weighted by Gasteiger charge is 2.69. The molecule has 220 valence electrons. The lowest BCUT2D eigenvalue weighted by molar-refractivity contribution is -0.146. The number of nitrogens with one attached hydrogen (secondary N) is 3. The summed E-state index contributed by atoms with van der Waals surface area (Å²) in [6.07, 6.45) is -0.403. The molecule has 1 aromatic carbocycles. The number of rotatable bonds is 7. The fourth-order valence-corrected chi connectivity index (χ4v) is 6.49. The van der Waals surface area contributed by atoms with Crippen LogP contribution in [0, 0.1) is 39.9 Å². The van der Waals surface area contributed by atoms with Crippen LogP contribution in [-0.4, -0.2) is 72.5 Å². The van der Waals surface area contributed by atoms with E-state index in [1.807, 2.05) is 20.8 Å². The Kier molecular flexibility index (Phi) is 7.49. The van der Waals surface area contributed by atoms with Gasteiger partial charge in [0.2, 0.25) is 17.7 Å². The number of ether oxygens (including phenoxy) is 2. The van der Waals surface area contributed by atoms with Gasteiger partial charge in [-0.25, -0.2) is 0 Å². The van der Waals surface area contributed by atoms with E-state index >= 15 is 0 Å². The summed E-state index contributed by atoms with van der Waals surface area (Å²) in [6, 6.07) is 6.45. The quantitative estimate of drug-likeness (QED) is 0.457. The molecule has 1 aromatic rings. The molecule has 2 saturated heterocycles. The standard InChI is InChI=1S/C30H39N5O6/c1-29(2,3)24(34-25(36)16-10-11-40-15-16)28(39)35-14-18-22(30(18,4)5)23(35)27(38)32-17(13-31)12-21-26(37)33-19-8-6-7-9-20(19)41-21/h6-9,16-18,21-24H,10-12,14-15H2,1-5H3,(H,32,38)(H,33,37)(H,34,36)/t16?,17?,18-,21-,22-,23-,24?/m0/s1. The molecule has 1 aliphatic carbocycles. The normalized spacial score (nSPS) is 29.1. The second-order valence-corrected chi connectivity index (χ2v) is 13.3. The summed E-state index contributed by atoms with van der Waals surface area (Å²) in [5, 5.41) is 18.4. The lowest BCUT2D eigenvalue weighted by Gasteiger charge is -2.38. The van der Waals surface area contributed by atoms with Gasteiger partial charge in [0.25, 0.3) is 5.91 Å². The Hall–Kier alpha value is -3.65. The minimum Gasteiger partial charge on any atom is -0.478 e. The zero-order valence-corrected chi connectivity index (χ0v) is 24.2. The molecule has 11 heteroatoms. The number of fused-ring (bicyclic) bond motifs is 2. The zero-order chi connectivity index (χ0) is 29.7. The van der Waals surface area contributed by atoms with Crippen LogP contribution in [0.15, 0.2) is 24.3 Å². The van der Waals surface area contributed by atoms with Crippen LogP contribution < -0.4 is 20.7 Å². The molecule has 0 spiro atoms. The van der Waals surface area contributed by atoms with Gasteiger partial charge in [-0.05, 0) is 41.2 Å². The van der Waals surface area contributed by atoms with Crippen LogP contribution in [0.1, 0.15) is 47.5 Å². The Morgan fingerprint density at radius 1 is 1.20 bits per heavy atom. The van der Waals surface area contributed by atoms with Crippen LogP contribution in [0.25, 0.3) is 0 Å². The van der Waals surface area contributed by atoms with Crippen LogP contribution in [-0.2, 0) is 23.9 Å². The second kappa shape index (κ2) is 10.6. The van der Waals surface area contributed by atoms with Gasteiger partial charge in [-0.15, -0.1) is 0 Å². The van der Waals surface area contributed by atoms with E-state index in [4.69, 9.17) is 9.47 Å². The van der Waals surface area contributed by atoms with Gasteiger partial charge in [0.05, 0.1) is 24.3 Å². The number of benzene rings is 1. The van der Waals surface area contributed by atoms with E-state index in [1.54, 1.807) is 29.2 Å². The third-order valence-electron chi connectivity index (χ3n) is 9.09. The van der Waals surface area contributed by atoms with Crippen LogP contribution in [0.2, 0.25) is 0 Å². The molecule has 41 heavy (non-hydrogen) atoms.